The molecule has 7 heteroatoms. The van der Waals surface area contributed by atoms with Crippen molar-refractivity contribution in [2.45, 2.75) is 13.0 Å². The van der Waals surface area contributed by atoms with E-state index in [0.717, 1.165) is 23.3 Å². The molecular formula is C13H16N4O3. The normalized spacial score (nSPS) is 10.5. The van der Waals surface area contributed by atoms with Crippen molar-refractivity contribution in [3.8, 4) is 5.75 Å². The molecule has 2 rings (SSSR count). The van der Waals surface area contributed by atoms with Crippen LogP contribution in [0.3, 0.4) is 0 Å². The molecule has 7 nitrogen and oxygen atoms in total. The van der Waals surface area contributed by atoms with Gasteiger partial charge in [0.15, 0.2) is 0 Å². The number of aromatic nitrogens is 2. The van der Waals surface area contributed by atoms with E-state index in [4.69, 9.17) is 10.5 Å². The van der Waals surface area contributed by atoms with E-state index < -0.39 is 4.92 Å². The predicted octanol–water partition coefficient (Wildman–Crippen LogP) is 1.35. The van der Waals surface area contributed by atoms with Gasteiger partial charge in [-0.2, -0.15) is 5.10 Å². The van der Waals surface area contributed by atoms with E-state index in [1.54, 1.807) is 7.11 Å². The summed E-state index contributed by atoms with van der Waals surface area (Å²) in [4.78, 5) is 10.2. The molecular weight excluding hydrogens is 260 g/mol. The van der Waals surface area contributed by atoms with Crippen molar-refractivity contribution in [2.75, 3.05) is 13.7 Å². The zero-order valence-electron chi connectivity index (χ0n) is 11.2. The molecule has 20 heavy (non-hydrogen) atoms. The number of rotatable bonds is 6. The van der Waals surface area contributed by atoms with Gasteiger partial charge in [-0.15, -0.1) is 0 Å². The van der Waals surface area contributed by atoms with Gasteiger partial charge in [0, 0.05) is 5.56 Å². The quantitative estimate of drug-likeness (QED) is 0.634. The lowest BCUT2D eigenvalue weighted by atomic mass is 10.1. The van der Waals surface area contributed by atoms with E-state index >= 15 is 0 Å². The van der Waals surface area contributed by atoms with Crippen molar-refractivity contribution < 1.29 is 9.66 Å². The minimum atomic E-state index is -0.467. The fourth-order valence-corrected chi connectivity index (χ4v) is 1.99. The summed E-state index contributed by atoms with van der Waals surface area (Å²) in [6.07, 6.45) is 3.40. The molecule has 0 spiro atoms. The van der Waals surface area contributed by atoms with Crippen LogP contribution in [0.2, 0.25) is 0 Å². The molecule has 0 aliphatic carbocycles. The Morgan fingerprint density at radius 2 is 2.30 bits per heavy atom. The zero-order valence-corrected chi connectivity index (χ0v) is 11.2. The lowest BCUT2D eigenvalue weighted by Gasteiger charge is -2.10. The molecule has 0 radical (unpaired) electrons. The van der Waals surface area contributed by atoms with Crippen LogP contribution in [0, 0.1) is 10.1 Å². The van der Waals surface area contributed by atoms with E-state index in [9.17, 15) is 10.1 Å². The highest BCUT2D eigenvalue weighted by Crippen LogP contribution is 2.21. The van der Waals surface area contributed by atoms with E-state index in [1.807, 2.05) is 18.2 Å². The number of methoxy groups -OCH3 is 1. The van der Waals surface area contributed by atoms with Crippen LogP contribution >= 0.6 is 0 Å². The van der Waals surface area contributed by atoms with Crippen LogP contribution < -0.4 is 10.5 Å². The number of hydrogen-bond donors (Lipinski definition) is 1. The fraction of sp³-hybridized carbons (Fsp3) is 0.308. The molecule has 0 unspecified atom stereocenters. The number of hydrogen-bond acceptors (Lipinski definition) is 5. The standard InChI is InChI=1S/C13H16N4O3/c1-20-13-3-2-10(4-5-14)6-11(13)8-16-9-12(7-15-16)17(18)19/h2-3,6-7,9H,4-5,8,14H2,1H3. The number of nitro groups is 1. The van der Waals surface area contributed by atoms with Crippen LogP contribution in [0.15, 0.2) is 30.6 Å². The van der Waals surface area contributed by atoms with Gasteiger partial charge in [0.25, 0.3) is 0 Å². The maximum absolute atomic E-state index is 10.6. The van der Waals surface area contributed by atoms with Crippen molar-refractivity contribution in [3.63, 3.8) is 0 Å². The molecule has 0 fully saturated rings. The molecule has 0 amide bonds. The molecule has 0 aliphatic rings. The van der Waals surface area contributed by atoms with Crippen molar-refractivity contribution in [2.24, 2.45) is 5.73 Å². The summed E-state index contributed by atoms with van der Waals surface area (Å²) < 4.78 is 6.81. The first-order valence-corrected chi connectivity index (χ1v) is 6.16. The Kier molecular flexibility index (Phi) is 4.31. The average molecular weight is 276 g/mol. The summed E-state index contributed by atoms with van der Waals surface area (Å²) >= 11 is 0. The Balaban J connectivity index is 2.25. The smallest absolute Gasteiger partial charge is 0.307 e. The molecule has 0 saturated carbocycles. The van der Waals surface area contributed by atoms with Gasteiger partial charge in [0.2, 0.25) is 0 Å². The molecule has 0 bridgehead atoms. The predicted molar refractivity (Wildman–Crippen MR) is 73.7 cm³/mol. The second-order valence-corrected chi connectivity index (χ2v) is 4.34. The van der Waals surface area contributed by atoms with Gasteiger partial charge in [-0.25, -0.2) is 0 Å². The second kappa shape index (κ2) is 6.16. The van der Waals surface area contributed by atoms with Crippen molar-refractivity contribution >= 4 is 5.69 Å². The van der Waals surface area contributed by atoms with E-state index in [2.05, 4.69) is 5.10 Å². The van der Waals surface area contributed by atoms with Crippen LogP contribution in [0.5, 0.6) is 5.75 Å². The van der Waals surface area contributed by atoms with Gasteiger partial charge >= 0.3 is 5.69 Å². The van der Waals surface area contributed by atoms with E-state index in [1.165, 1.54) is 17.1 Å². The first kappa shape index (κ1) is 14.0. The molecule has 0 aliphatic heterocycles. The summed E-state index contributed by atoms with van der Waals surface area (Å²) in [5.74, 6) is 0.726. The lowest BCUT2D eigenvalue weighted by Crippen LogP contribution is -2.06. The van der Waals surface area contributed by atoms with Crippen molar-refractivity contribution in [1.29, 1.82) is 0 Å². The Hall–Kier alpha value is -2.41. The summed E-state index contributed by atoms with van der Waals surface area (Å²) in [6.45, 7) is 0.981. The molecule has 106 valence electrons. The first-order chi connectivity index (χ1) is 9.63. The third-order valence-electron chi connectivity index (χ3n) is 2.94. The monoisotopic (exact) mass is 276 g/mol. The minimum Gasteiger partial charge on any atom is -0.496 e. The number of nitrogens with two attached hydrogens (primary N) is 1. The molecule has 1 aromatic heterocycles. The largest absolute Gasteiger partial charge is 0.496 e. The van der Waals surface area contributed by atoms with Crippen LogP contribution in [-0.2, 0) is 13.0 Å². The third-order valence-corrected chi connectivity index (χ3v) is 2.94. The molecule has 2 N–H and O–H groups in total. The maximum atomic E-state index is 10.6. The fourth-order valence-electron chi connectivity index (χ4n) is 1.99. The highest BCUT2D eigenvalue weighted by Gasteiger charge is 2.11. The van der Waals surface area contributed by atoms with E-state index in [0.29, 0.717) is 13.1 Å². The average Bonchev–Trinajstić information content (AvgIpc) is 2.88. The summed E-state index contributed by atoms with van der Waals surface area (Å²) in [5, 5.41) is 14.6. The van der Waals surface area contributed by atoms with Gasteiger partial charge < -0.3 is 10.5 Å². The SMILES string of the molecule is COc1ccc(CCN)cc1Cn1cc([N+](=O)[O-])cn1. The van der Waals surface area contributed by atoms with Crippen LogP contribution in [0.25, 0.3) is 0 Å². The third kappa shape index (κ3) is 3.12. The van der Waals surface area contributed by atoms with Gasteiger partial charge in [-0.1, -0.05) is 12.1 Å². The highest BCUT2D eigenvalue weighted by atomic mass is 16.6. The van der Waals surface area contributed by atoms with E-state index in [-0.39, 0.29) is 5.69 Å². The van der Waals surface area contributed by atoms with Crippen molar-refractivity contribution in [3.05, 3.63) is 51.8 Å². The Bertz CT molecular complexity index is 609. The molecule has 0 atom stereocenters. The number of benzene rings is 1. The van der Waals surface area contributed by atoms with Gasteiger partial charge in [-0.05, 0) is 24.6 Å². The molecule has 0 saturated heterocycles. The minimum absolute atomic E-state index is 0.0259. The van der Waals surface area contributed by atoms with Crippen LogP contribution in [0.1, 0.15) is 11.1 Å². The highest BCUT2D eigenvalue weighted by molar-refractivity contribution is 5.38. The maximum Gasteiger partial charge on any atom is 0.307 e. The Labute approximate surface area is 116 Å². The second-order valence-electron chi connectivity index (χ2n) is 4.34. The lowest BCUT2D eigenvalue weighted by molar-refractivity contribution is -0.385. The van der Waals surface area contributed by atoms with Gasteiger partial charge in [0.1, 0.15) is 18.1 Å². The van der Waals surface area contributed by atoms with Crippen LogP contribution in [0.4, 0.5) is 5.69 Å². The summed E-state index contributed by atoms with van der Waals surface area (Å²) in [6, 6.07) is 5.82. The topological polar surface area (TPSA) is 96.2 Å². The molecule has 1 aromatic carbocycles. The number of ether oxygens (including phenoxy) is 1. The number of nitrogens with zero attached hydrogens (tertiary/aromatic N) is 3. The van der Waals surface area contributed by atoms with Gasteiger partial charge in [-0.3, -0.25) is 14.8 Å². The summed E-state index contributed by atoms with van der Waals surface area (Å²) in [5.41, 5.74) is 7.54. The molecule has 2 aromatic rings. The summed E-state index contributed by atoms with van der Waals surface area (Å²) in [7, 11) is 1.59. The van der Waals surface area contributed by atoms with Crippen molar-refractivity contribution in [1.82, 2.24) is 9.78 Å². The zero-order chi connectivity index (χ0) is 14.5. The van der Waals surface area contributed by atoms with Crippen LogP contribution in [-0.4, -0.2) is 28.4 Å². The van der Waals surface area contributed by atoms with Gasteiger partial charge in [0.05, 0.1) is 18.6 Å². The molecule has 1 heterocycles. The Morgan fingerprint density at radius 3 is 2.90 bits per heavy atom. The Morgan fingerprint density at radius 1 is 1.50 bits per heavy atom. The first-order valence-electron chi connectivity index (χ1n) is 6.16.